The highest BCUT2D eigenvalue weighted by Crippen LogP contribution is 2.28. The molecule has 1 heterocycles. The molecule has 0 bridgehead atoms. The van der Waals surface area contributed by atoms with Gasteiger partial charge in [-0.15, -0.1) is 0 Å². The van der Waals surface area contributed by atoms with Gasteiger partial charge in [0.15, 0.2) is 0 Å². The molecule has 16 heavy (non-hydrogen) atoms. The molecule has 1 aromatic rings. The van der Waals surface area contributed by atoms with Gasteiger partial charge in [0.05, 0.1) is 6.54 Å². The maximum absolute atomic E-state index is 10.4. The van der Waals surface area contributed by atoms with Gasteiger partial charge in [0, 0.05) is 5.69 Å². The quantitative estimate of drug-likeness (QED) is 0.620. The molecule has 1 fully saturated rings. The molecule has 2 N–H and O–H groups in total. The third-order valence-electron chi connectivity index (χ3n) is 3.30. The molecule has 1 aliphatic rings. The lowest BCUT2D eigenvalue weighted by molar-refractivity contribution is -0.109. The largest absolute Gasteiger partial charge is 0.399 e. The number of hydrogen-bond donors (Lipinski definition) is 1. The van der Waals surface area contributed by atoms with Crippen LogP contribution in [0.1, 0.15) is 24.3 Å². The summed E-state index contributed by atoms with van der Waals surface area (Å²) < 4.78 is 0. The van der Waals surface area contributed by atoms with Gasteiger partial charge in [-0.1, -0.05) is 12.1 Å². The number of anilines is 1. The van der Waals surface area contributed by atoms with E-state index in [9.17, 15) is 4.79 Å². The summed E-state index contributed by atoms with van der Waals surface area (Å²) in [6.07, 6.45) is 3.23. The average Bonchev–Trinajstić information content (AvgIpc) is 2.30. The summed E-state index contributed by atoms with van der Waals surface area (Å²) in [4.78, 5) is 12.6. The van der Waals surface area contributed by atoms with Crippen molar-refractivity contribution in [3.8, 4) is 0 Å². The molecule has 1 saturated heterocycles. The first-order valence-electron chi connectivity index (χ1n) is 5.81. The maximum Gasteiger partial charge on any atom is 0.133 e. The van der Waals surface area contributed by atoms with Crippen molar-refractivity contribution in [1.82, 2.24) is 4.90 Å². The molecule has 0 saturated carbocycles. The fourth-order valence-corrected chi connectivity index (χ4v) is 2.37. The molecule has 0 aliphatic carbocycles. The van der Waals surface area contributed by atoms with Crippen LogP contribution < -0.4 is 5.73 Å². The van der Waals surface area contributed by atoms with Crippen molar-refractivity contribution in [2.45, 2.75) is 18.8 Å². The molecule has 0 amide bonds. The van der Waals surface area contributed by atoms with Gasteiger partial charge in [-0.3, -0.25) is 4.90 Å². The first-order chi connectivity index (χ1) is 7.79. The van der Waals surface area contributed by atoms with E-state index in [2.05, 4.69) is 17.0 Å². The Morgan fingerprint density at radius 1 is 1.38 bits per heavy atom. The third-order valence-corrected chi connectivity index (χ3v) is 3.30. The topological polar surface area (TPSA) is 46.3 Å². The van der Waals surface area contributed by atoms with E-state index < -0.39 is 0 Å². The van der Waals surface area contributed by atoms with Gasteiger partial charge >= 0.3 is 0 Å². The highest BCUT2D eigenvalue weighted by Gasteiger charge is 2.19. The number of nitrogens with zero attached hydrogens (tertiary/aromatic N) is 1. The van der Waals surface area contributed by atoms with Crippen molar-refractivity contribution in [3.63, 3.8) is 0 Å². The second kappa shape index (κ2) is 5.12. The SMILES string of the molecule is Nc1cccc(C2CCN(CC=O)CC2)c1. The van der Waals surface area contributed by atoms with E-state index >= 15 is 0 Å². The number of nitrogens with two attached hydrogens (primary N) is 1. The summed E-state index contributed by atoms with van der Waals surface area (Å²) in [5, 5.41) is 0. The zero-order valence-electron chi connectivity index (χ0n) is 9.43. The number of rotatable bonds is 3. The number of piperidine rings is 1. The lowest BCUT2D eigenvalue weighted by atomic mass is 9.89. The Morgan fingerprint density at radius 3 is 2.75 bits per heavy atom. The van der Waals surface area contributed by atoms with Crippen LogP contribution >= 0.6 is 0 Å². The minimum Gasteiger partial charge on any atom is -0.399 e. The first-order valence-corrected chi connectivity index (χ1v) is 5.81. The number of carbonyl (C=O) groups is 1. The van der Waals surface area contributed by atoms with E-state index in [-0.39, 0.29) is 0 Å². The molecule has 0 spiro atoms. The average molecular weight is 218 g/mol. The Morgan fingerprint density at radius 2 is 2.12 bits per heavy atom. The van der Waals surface area contributed by atoms with Crippen LogP contribution in [-0.2, 0) is 4.79 Å². The van der Waals surface area contributed by atoms with Gasteiger partial charge in [-0.25, -0.2) is 0 Å². The summed E-state index contributed by atoms with van der Waals surface area (Å²) in [7, 11) is 0. The van der Waals surface area contributed by atoms with Gasteiger partial charge in [0.1, 0.15) is 6.29 Å². The third kappa shape index (κ3) is 2.61. The van der Waals surface area contributed by atoms with Crippen LogP contribution in [0.2, 0.25) is 0 Å². The molecule has 0 unspecified atom stereocenters. The molecular formula is C13H18N2O. The summed E-state index contributed by atoms with van der Waals surface area (Å²) in [5.74, 6) is 0.603. The maximum atomic E-state index is 10.4. The van der Waals surface area contributed by atoms with Crippen molar-refractivity contribution >= 4 is 12.0 Å². The molecule has 2 rings (SSSR count). The summed E-state index contributed by atoms with van der Waals surface area (Å²) >= 11 is 0. The van der Waals surface area contributed by atoms with E-state index in [0.717, 1.165) is 37.9 Å². The van der Waals surface area contributed by atoms with Crippen molar-refractivity contribution in [2.24, 2.45) is 0 Å². The van der Waals surface area contributed by atoms with Crippen LogP contribution in [0.5, 0.6) is 0 Å². The lowest BCUT2D eigenvalue weighted by Crippen LogP contribution is -2.34. The van der Waals surface area contributed by atoms with Gasteiger partial charge < -0.3 is 10.5 Å². The number of benzene rings is 1. The Balaban J connectivity index is 1.96. The predicted molar refractivity (Wildman–Crippen MR) is 65.3 cm³/mol. The van der Waals surface area contributed by atoms with E-state index in [4.69, 9.17) is 5.73 Å². The van der Waals surface area contributed by atoms with Gasteiger partial charge in [-0.2, -0.15) is 0 Å². The van der Waals surface area contributed by atoms with Gasteiger partial charge in [0.2, 0.25) is 0 Å². The monoisotopic (exact) mass is 218 g/mol. The van der Waals surface area contributed by atoms with Crippen LogP contribution in [-0.4, -0.2) is 30.8 Å². The fourth-order valence-electron chi connectivity index (χ4n) is 2.37. The summed E-state index contributed by atoms with van der Waals surface area (Å²) in [5.41, 5.74) is 7.96. The number of hydrogen-bond acceptors (Lipinski definition) is 3. The fraction of sp³-hybridized carbons (Fsp3) is 0.462. The summed E-state index contributed by atoms with van der Waals surface area (Å²) in [6.45, 7) is 2.60. The molecule has 0 atom stereocenters. The minimum absolute atomic E-state index is 0.573. The molecular weight excluding hydrogens is 200 g/mol. The molecule has 0 radical (unpaired) electrons. The molecule has 3 heteroatoms. The zero-order valence-corrected chi connectivity index (χ0v) is 9.43. The number of likely N-dealkylation sites (tertiary alicyclic amines) is 1. The van der Waals surface area contributed by atoms with E-state index in [1.165, 1.54) is 5.56 Å². The van der Waals surface area contributed by atoms with Crippen LogP contribution in [0.4, 0.5) is 5.69 Å². The number of aldehydes is 1. The normalized spacial score (nSPS) is 18.5. The highest BCUT2D eigenvalue weighted by atomic mass is 16.1. The minimum atomic E-state index is 0.573. The van der Waals surface area contributed by atoms with Gasteiger partial charge in [0.25, 0.3) is 0 Å². The van der Waals surface area contributed by atoms with Crippen LogP contribution in [0.15, 0.2) is 24.3 Å². The molecule has 86 valence electrons. The second-order valence-corrected chi connectivity index (χ2v) is 4.41. The zero-order chi connectivity index (χ0) is 11.4. The summed E-state index contributed by atoms with van der Waals surface area (Å²) in [6, 6.07) is 8.16. The highest BCUT2D eigenvalue weighted by molar-refractivity contribution is 5.52. The van der Waals surface area contributed by atoms with Crippen molar-refractivity contribution in [3.05, 3.63) is 29.8 Å². The predicted octanol–water partition coefficient (Wildman–Crippen LogP) is 1.65. The van der Waals surface area contributed by atoms with Gasteiger partial charge in [-0.05, 0) is 49.5 Å². The van der Waals surface area contributed by atoms with Crippen molar-refractivity contribution < 1.29 is 4.79 Å². The molecule has 1 aliphatic heterocycles. The molecule has 1 aromatic carbocycles. The van der Waals surface area contributed by atoms with Crippen LogP contribution in [0, 0.1) is 0 Å². The number of nitrogen functional groups attached to an aromatic ring is 1. The Hall–Kier alpha value is -1.35. The van der Waals surface area contributed by atoms with E-state index in [1.807, 2.05) is 12.1 Å². The number of carbonyl (C=O) groups excluding carboxylic acids is 1. The van der Waals surface area contributed by atoms with E-state index in [0.29, 0.717) is 12.5 Å². The Kier molecular flexibility index (Phi) is 3.57. The molecule has 3 nitrogen and oxygen atoms in total. The van der Waals surface area contributed by atoms with Crippen molar-refractivity contribution in [2.75, 3.05) is 25.4 Å². The first kappa shape index (κ1) is 11.1. The lowest BCUT2D eigenvalue weighted by Gasteiger charge is -2.30. The van der Waals surface area contributed by atoms with Crippen LogP contribution in [0.3, 0.4) is 0 Å². The second-order valence-electron chi connectivity index (χ2n) is 4.41. The van der Waals surface area contributed by atoms with Crippen LogP contribution in [0.25, 0.3) is 0 Å². The van der Waals surface area contributed by atoms with E-state index in [1.54, 1.807) is 0 Å². The Labute approximate surface area is 96.2 Å². The standard InChI is InChI=1S/C13H18N2O/c14-13-3-1-2-12(10-13)11-4-6-15(7-5-11)8-9-16/h1-3,9-11H,4-8,14H2. The van der Waals surface area contributed by atoms with Crippen molar-refractivity contribution in [1.29, 1.82) is 0 Å². The molecule has 0 aromatic heterocycles. The smallest absolute Gasteiger partial charge is 0.133 e. The Bertz CT molecular complexity index is 357.